The average Bonchev–Trinajstić information content (AvgIpc) is 3.42. The fourth-order valence-electron chi connectivity index (χ4n) is 2.73. The van der Waals surface area contributed by atoms with Gasteiger partial charge in [-0.2, -0.15) is 0 Å². The van der Waals surface area contributed by atoms with E-state index >= 15 is 0 Å². The van der Waals surface area contributed by atoms with E-state index in [1.54, 1.807) is 35.6 Å². The molecule has 0 radical (unpaired) electrons. The molecule has 1 aliphatic heterocycles. The summed E-state index contributed by atoms with van der Waals surface area (Å²) in [6.45, 7) is 1.71. The van der Waals surface area contributed by atoms with Gasteiger partial charge >= 0.3 is 0 Å². The number of carbonyl (C=O) groups is 1. The van der Waals surface area contributed by atoms with Gasteiger partial charge in [-0.15, -0.1) is 11.3 Å². The molecule has 5 nitrogen and oxygen atoms in total. The van der Waals surface area contributed by atoms with Crippen LogP contribution in [0.25, 0.3) is 10.8 Å². The molecule has 0 saturated carbocycles. The first-order chi connectivity index (χ1) is 12.3. The van der Waals surface area contributed by atoms with Crippen LogP contribution < -0.4 is 0 Å². The number of pyridine rings is 1. The Labute approximate surface area is 154 Å². The molecule has 0 spiro atoms. The smallest absolute Gasteiger partial charge is 0.255 e. The Balaban J connectivity index is 1.36. The van der Waals surface area contributed by atoms with Gasteiger partial charge in [0.2, 0.25) is 5.89 Å². The lowest BCUT2D eigenvalue weighted by atomic mass is 10.2. The molecule has 3 aromatic heterocycles. The van der Waals surface area contributed by atoms with Crippen molar-refractivity contribution in [3.05, 3.63) is 53.4 Å². The summed E-state index contributed by atoms with van der Waals surface area (Å²) >= 11 is 3.19. The topological polar surface area (TPSA) is 59.2 Å². The summed E-state index contributed by atoms with van der Waals surface area (Å²) in [5.74, 6) is 1.42. The monoisotopic (exact) mass is 371 g/mol. The zero-order chi connectivity index (χ0) is 17.1. The highest BCUT2D eigenvalue weighted by Crippen LogP contribution is 2.26. The molecular formula is C18H17N3O2S2. The van der Waals surface area contributed by atoms with Crippen LogP contribution in [0.3, 0.4) is 0 Å². The van der Waals surface area contributed by atoms with Crippen LogP contribution in [0.15, 0.2) is 51.5 Å². The third-order valence-electron chi connectivity index (χ3n) is 4.03. The Morgan fingerprint density at radius 1 is 1.28 bits per heavy atom. The quantitative estimate of drug-likeness (QED) is 0.625. The molecule has 0 bridgehead atoms. The van der Waals surface area contributed by atoms with E-state index in [-0.39, 0.29) is 5.91 Å². The minimum absolute atomic E-state index is 0.0821. The van der Waals surface area contributed by atoms with Crippen LogP contribution in [-0.2, 0) is 5.75 Å². The first-order valence-electron chi connectivity index (χ1n) is 8.16. The minimum Gasteiger partial charge on any atom is -0.444 e. The van der Waals surface area contributed by atoms with Crippen LogP contribution in [0, 0.1) is 0 Å². The second kappa shape index (κ2) is 7.41. The first-order valence-corrected chi connectivity index (χ1v) is 10.0. The maximum atomic E-state index is 12.3. The molecule has 0 N–H and O–H groups in total. The van der Waals surface area contributed by atoms with Gasteiger partial charge < -0.3 is 9.32 Å². The number of amides is 1. The van der Waals surface area contributed by atoms with Crippen LogP contribution >= 0.6 is 23.1 Å². The van der Waals surface area contributed by atoms with Gasteiger partial charge in [-0.05, 0) is 36.4 Å². The Morgan fingerprint density at radius 2 is 2.16 bits per heavy atom. The summed E-state index contributed by atoms with van der Waals surface area (Å²) < 4.78 is 5.52. The second-order valence-corrected chi connectivity index (χ2v) is 7.74. The normalized spacial score (nSPS) is 14.2. The van der Waals surface area contributed by atoms with E-state index in [0.717, 1.165) is 41.5 Å². The number of hydrogen-bond donors (Lipinski definition) is 0. The van der Waals surface area contributed by atoms with Gasteiger partial charge in [0, 0.05) is 25.0 Å². The molecule has 1 aliphatic rings. The number of nitrogens with zero attached hydrogens (tertiary/aromatic N) is 3. The number of carbonyl (C=O) groups excluding carboxylic acids is 1. The zero-order valence-corrected chi connectivity index (χ0v) is 15.2. The summed E-state index contributed by atoms with van der Waals surface area (Å²) in [5.41, 5.74) is 1.54. The molecule has 4 heterocycles. The third kappa shape index (κ3) is 3.77. The SMILES string of the molecule is O=C(c1ccc(SCc2coc(-c3cccs3)n2)nc1)N1CCCC1. The van der Waals surface area contributed by atoms with Crippen LogP contribution in [0.4, 0.5) is 0 Å². The van der Waals surface area contributed by atoms with E-state index in [1.807, 2.05) is 34.5 Å². The van der Waals surface area contributed by atoms with Gasteiger partial charge in [0.05, 0.1) is 21.2 Å². The maximum Gasteiger partial charge on any atom is 0.255 e. The van der Waals surface area contributed by atoms with Crippen molar-refractivity contribution in [1.82, 2.24) is 14.9 Å². The Bertz CT molecular complexity index is 838. The summed E-state index contributed by atoms with van der Waals surface area (Å²) in [4.78, 5) is 24.1. The lowest BCUT2D eigenvalue weighted by molar-refractivity contribution is 0.0792. The van der Waals surface area contributed by atoms with Gasteiger partial charge in [-0.1, -0.05) is 17.8 Å². The van der Waals surface area contributed by atoms with E-state index < -0.39 is 0 Å². The Kier molecular flexibility index (Phi) is 4.85. The van der Waals surface area contributed by atoms with Gasteiger partial charge in [0.1, 0.15) is 6.26 Å². The van der Waals surface area contributed by atoms with E-state index in [4.69, 9.17) is 4.42 Å². The van der Waals surface area contributed by atoms with Gasteiger partial charge in [0.15, 0.2) is 0 Å². The van der Waals surface area contributed by atoms with Crippen molar-refractivity contribution >= 4 is 29.0 Å². The first kappa shape index (κ1) is 16.4. The Morgan fingerprint density at radius 3 is 2.88 bits per heavy atom. The van der Waals surface area contributed by atoms with Crippen LogP contribution in [0.1, 0.15) is 28.9 Å². The fourth-order valence-corrected chi connectivity index (χ4v) is 4.10. The highest BCUT2D eigenvalue weighted by atomic mass is 32.2. The minimum atomic E-state index is 0.0821. The lowest BCUT2D eigenvalue weighted by Gasteiger charge is -2.14. The number of likely N-dealkylation sites (tertiary alicyclic amines) is 1. The number of rotatable bonds is 5. The maximum absolute atomic E-state index is 12.3. The second-order valence-electron chi connectivity index (χ2n) is 5.79. The zero-order valence-electron chi connectivity index (χ0n) is 13.6. The predicted molar refractivity (Wildman–Crippen MR) is 98.8 cm³/mol. The largest absolute Gasteiger partial charge is 0.444 e. The lowest BCUT2D eigenvalue weighted by Crippen LogP contribution is -2.27. The molecule has 0 aliphatic carbocycles. The molecule has 0 unspecified atom stereocenters. The average molecular weight is 371 g/mol. The molecule has 1 fully saturated rings. The van der Waals surface area contributed by atoms with Gasteiger partial charge in [-0.3, -0.25) is 4.79 Å². The van der Waals surface area contributed by atoms with Crippen LogP contribution in [0.5, 0.6) is 0 Å². The molecule has 7 heteroatoms. The van der Waals surface area contributed by atoms with Gasteiger partial charge in [0.25, 0.3) is 5.91 Å². The molecule has 1 saturated heterocycles. The molecule has 0 aromatic carbocycles. The van der Waals surface area contributed by atoms with Crippen molar-refractivity contribution in [2.75, 3.05) is 13.1 Å². The van der Waals surface area contributed by atoms with Crippen molar-refractivity contribution < 1.29 is 9.21 Å². The van der Waals surface area contributed by atoms with Crippen LogP contribution in [-0.4, -0.2) is 33.9 Å². The van der Waals surface area contributed by atoms with E-state index in [0.29, 0.717) is 17.2 Å². The molecule has 128 valence electrons. The number of thioether (sulfide) groups is 1. The third-order valence-corrected chi connectivity index (χ3v) is 5.86. The molecule has 1 amide bonds. The number of aromatic nitrogens is 2. The molecule has 4 rings (SSSR count). The predicted octanol–water partition coefficient (Wildman–Crippen LogP) is 4.33. The van der Waals surface area contributed by atoms with Crippen molar-refractivity contribution in [2.24, 2.45) is 0 Å². The van der Waals surface area contributed by atoms with E-state index in [2.05, 4.69) is 9.97 Å². The summed E-state index contributed by atoms with van der Waals surface area (Å²) in [6.07, 6.45) is 5.55. The van der Waals surface area contributed by atoms with Crippen molar-refractivity contribution in [3.8, 4) is 10.8 Å². The number of hydrogen-bond acceptors (Lipinski definition) is 6. The summed E-state index contributed by atoms with van der Waals surface area (Å²) in [6, 6.07) is 7.72. The fraction of sp³-hybridized carbons (Fsp3) is 0.278. The summed E-state index contributed by atoms with van der Waals surface area (Å²) in [7, 11) is 0. The highest BCUT2D eigenvalue weighted by Gasteiger charge is 2.19. The van der Waals surface area contributed by atoms with Crippen molar-refractivity contribution in [2.45, 2.75) is 23.6 Å². The van der Waals surface area contributed by atoms with Crippen molar-refractivity contribution in [3.63, 3.8) is 0 Å². The molecule has 0 atom stereocenters. The standard InChI is InChI=1S/C18H17N3O2S2/c22-18(21-7-1-2-8-21)13-5-6-16(19-10-13)25-12-14-11-23-17(20-14)15-4-3-9-24-15/h3-6,9-11H,1-2,7-8,12H2. The van der Waals surface area contributed by atoms with Crippen molar-refractivity contribution in [1.29, 1.82) is 0 Å². The number of oxazole rings is 1. The summed E-state index contributed by atoms with van der Waals surface area (Å²) in [5, 5.41) is 2.88. The van der Waals surface area contributed by atoms with E-state index in [1.165, 1.54) is 0 Å². The highest BCUT2D eigenvalue weighted by molar-refractivity contribution is 7.98. The molecule has 25 heavy (non-hydrogen) atoms. The Hall–Kier alpha value is -2.12. The van der Waals surface area contributed by atoms with Gasteiger partial charge in [-0.25, -0.2) is 9.97 Å². The number of thiophene rings is 1. The molecular weight excluding hydrogens is 354 g/mol. The van der Waals surface area contributed by atoms with E-state index in [9.17, 15) is 4.79 Å². The molecule has 3 aromatic rings. The van der Waals surface area contributed by atoms with Crippen LogP contribution in [0.2, 0.25) is 0 Å².